The molecule has 0 spiro atoms. The van der Waals surface area contributed by atoms with Crippen LogP contribution in [0.15, 0.2) is 34.0 Å². The summed E-state index contributed by atoms with van der Waals surface area (Å²) in [6.07, 6.45) is 4.34. The summed E-state index contributed by atoms with van der Waals surface area (Å²) in [5, 5.41) is 7.55. The van der Waals surface area contributed by atoms with E-state index in [-0.39, 0.29) is 29.6 Å². The molecular formula is C21H23N5O3. The molecule has 0 saturated heterocycles. The van der Waals surface area contributed by atoms with E-state index in [2.05, 4.69) is 15.4 Å². The minimum absolute atomic E-state index is 0.0688. The Kier molecular flexibility index (Phi) is 5.00. The quantitative estimate of drug-likeness (QED) is 0.702. The highest BCUT2D eigenvalue weighted by molar-refractivity contribution is 5.96. The molecule has 0 aliphatic heterocycles. The van der Waals surface area contributed by atoms with Gasteiger partial charge in [0.05, 0.1) is 17.6 Å². The molecule has 150 valence electrons. The molecule has 8 heteroatoms. The van der Waals surface area contributed by atoms with Crippen molar-refractivity contribution in [3.8, 4) is 0 Å². The zero-order valence-corrected chi connectivity index (χ0v) is 16.6. The van der Waals surface area contributed by atoms with E-state index in [1.165, 1.54) is 4.68 Å². The number of fused-ring (bicyclic) bond motifs is 2. The lowest BCUT2D eigenvalue weighted by molar-refractivity contribution is 0.0950. The van der Waals surface area contributed by atoms with Gasteiger partial charge in [-0.05, 0) is 50.8 Å². The third-order valence-electron chi connectivity index (χ3n) is 5.28. The first kappa shape index (κ1) is 19.0. The average Bonchev–Trinajstić information content (AvgIpc) is 3.15. The molecule has 1 amide bonds. The number of hydrogen-bond donors (Lipinski definition) is 1. The summed E-state index contributed by atoms with van der Waals surface area (Å²) in [7, 11) is 0. The van der Waals surface area contributed by atoms with E-state index >= 15 is 0 Å². The van der Waals surface area contributed by atoms with Gasteiger partial charge in [-0.15, -0.1) is 0 Å². The number of aromatic nitrogens is 4. The fourth-order valence-corrected chi connectivity index (χ4v) is 3.73. The number of nitrogens with one attached hydrogen (secondary N) is 1. The van der Waals surface area contributed by atoms with E-state index in [4.69, 9.17) is 0 Å². The lowest BCUT2D eigenvalue weighted by Gasteiger charge is -2.12. The van der Waals surface area contributed by atoms with E-state index in [1.54, 1.807) is 29.0 Å². The van der Waals surface area contributed by atoms with Crippen molar-refractivity contribution in [2.45, 2.75) is 46.2 Å². The van der Waals surface area contributed by atoms with Gasteiger partial charge >= 0.3 is 0 Å². The summed E-state index contributed by atoms with van der Waals surface area (Å²) >= 11 is 0. The monoisotopic (exact) mass is 393 g/mol. The average molecular weight is 393 g/mol. The Labute approximate surface area is 167 Å². The fraction of sp³-hybridized carbons (Fsp3) is 0.381. The highest BCUT2D eigenvalue weighted by Crippen LogP contribution is 2.16. The number of nitrogens with zero attached hydrogens (tertiary/aromatic N) is 4. The standard InChI is InChI=1S/C21H23N5O3/c1-3-25-12-16(19(28)15-8-7-13(2)23-20(15)25)21(29)22-9-10-26-18(27)11-14-5-4-6-17(14)24-26/h7-8,11-12H,3-6,9-10H2,1-2H3,(H,22,29). The minimum Gasteiger partial charge on any atom is -0.350 e. The molecule has 1 aliphatic carbocycles. The number of carbonyl (C=O) groups excluding carboxylic acids is 1. The normalized spacial score (nSPS) is 12.9. The molecule has 3 heterocycles. The summed E-state index contributed by atoms with van der Waals surface area (Å²) in [6, 6.07) is 5.10. The molecule has 0 bridgehead atoms. The van der Waals surface area contributed by atoms with Crippen molar-refractivity contribution in [2.24, 2.45) is 0 Å². The van der Waals surface area contributed by atoms with E-state index < -0.39 is 5.91 Å². The summed E-state index contributed by atoms with van der Waals surface area (Å²) < 4.78 is 3.17. The summed E-state index contributed by atoms with van der Waals surface area (Å²) in [6.45, 7) is 4.84. The predicted molar refractivity (Wildman–Crippen MR) is 109 cm³/mol. The van der Waals surface area contributed by atoms with Crippen LogP contribution in [-0.4, -0.2) is 31.8 Å². The van der Waals surface area contributed by atoms with Crippen LogP contribution in [-0.2, 0) is 25.9 Å². The Morgan fingerprint density at radius 3 is 2.86 bits per heavy atom. The van der Waals surface area contributed by atoms with Crippen LogP contribution in [0.1, 0.15) is 40.7 Å². The van der Waals surface area contributed by atoms with E-state index in [9.17, 15) is 14.4 Å². The van der Waals surface area contributed by atoms with Gasteiger partial charge in [0.25, 0.3) is 11.5 Å². The van der Waals surface area contributed by atoms with Crippen LogP contribution in [0.2, 0.25) is 0 Å². The maximum absolute atomic E-state index is 12.8. The van der Waals surface area contributed by atoms with Crippen molar-refractivity contribution in [3.05, 3.63) is 67.5 Å². The van der Waals surface area contributed by atoms with Crippen molar-refractivity contribution in [3.63, 3.8) is 0 Å². The Balaban J connectivity index is 1.54. The molecule has 0 radical (unpaired) electrons. The van der Waals surface area contributed by atoms with Gasteiger partial charge in [-0.25, -0.2) is 9.67 Å². The Morgan fingerprint density at radius 2 is 2.07 bits per heavy atom. The van der Waals surface area contributed by atoms with Gasteiger partial charge in [0, 0.05) is 31.0 Å². The van der Waals surface area contributed by atoms with Crippen molar-refractivity contribution in [1.29, 1.82) is 0 Å². The van der Waals surface area contributed by atoms with Crippen LogP contribution in [0.5, 0.6) is 0 Å². The van der Waals surface area contributed by atoms with Crippen LogP contribution < -0.4 is 16.3 Å². The Morgan fingerprint density at radius 1 is 1.24 bits per heavy atom. The van der Waals surface area contributed by atoms with Crippen LogP contribution in [0.25, 0.3) is 11.0 Å². The first-order valence-electron chi connectivity index (χ1n) is 9.87. The molecule has 8 nitrogen and oxygen atoms in total. The molecule has 3 aromatic rings. The van der Waals surface area contributed by atoms with Crippen LogP contribution in [0.4, 0.5) is 0 Å². The highest BCUT2D eigenvalue weighted by atomic mass is 16.2. The summed E-state index contributed by atoms with van der Waals surface area (Å²) in [5.41, 5.74) is 2.92. The number of rotatable bonds is 5. The Bertz CT molecular complexity index is 1230. The maximum atomic E-state index is 12.8. The number of carbonyl (C=O) groups is 1. The SMILES string of the molecule is CCn1cc(C(=O)NCCn2nc3c(cc2=O)CCC3)c(=O)c2ccc(C)nc21. The highest BCUT2D eigenvalue weighted by Gasteiger charge is 2.17. The number of hydrogen-bond acceptors (Lipinski definition) is 5. The van der Waals surface area contributed by atoms with Gasteiger partial charge in [-0.1, -0.05) is 0 Å². The number of amides is 1. The third-order valence-corrected chi connectivity index (χ3v) is 5.28. The molecule has 0 aromatic carbocycles. The van der Waals surface area contributed by atoms with Gasteiger partial charge < -0.3 is 9.88 Å². The predicted octanol–water partition coefficient (Wildman–Crippen LogP) is 1.20. The molecule has 1 N–H and O–H groups in total. The third kappa shape index (κ3) is 3.57. The van der Waals surface area contributed by atoms with E-state index in [1.807, 2.05) is 13.8 Å². The number of pyridine rings is 2. The maximum Gasteiger partial charge on any atom is 0.267 e. The molecule has 29 heavy (non-hydrogen) atoms. The van der Waals surface area contributed by atoms with E-state index in [0.29, 0.717) is 17.6 Å². The van der Waals surface area contributed by atoms with Crippen molar-refractivity contribution in [1.82, 2.24) is 24.6 Å². The Hall–Kier alpha value is -3.29. The second-order valence-corrected chi connectivity index (χ2v) is 7.27. The summed E-state index contributed by atoms with van der Waals surface area (Å²) in [4.78, 5) is 42.0. The second-order valence-electron chi connectivity index (χ2n) is 7.27. The molecule has 4 rings (SSSR count). The first-order valence-corrected chi connectivity index (χ1v) is 9.87. The van der Waals surface area contributed by atoms with Gasteiger partial charge in [0.1, 0.15) is 11.2 Å². The zero-order valence-electron chi connectivity index (χ0n) is 16.6. The molecular weight excluding hydrogens is 370 g/mol. The van der Waals surface area contributed by atoms with Gasteiger partial charge in [0.15, 0.2) is 0 Å². The van der Waals surface area contributed by atoms with Crippen molar-refractivity contribution >= 4 is 16.9 Å². The molecule has 3 aromatic heterocycles. The zero-order chi connectivity index (χ0) is 20.5. The molecule has 0 fully saturated rings. The summed E-state index contributed by atoms with van der Waals surface area (Å²) in [5.74, 6) is -0.464. The molecule has 1 aliphatic rings. The van der Waals surface area contributed by atoms with Crippen LogP contribution in [0.3, 0.4) is 0 Å². The van der Waals surface area contributed by atoms with Crippen LogP contribution >= 0.6 is 0 Å². The molecule has 0 saturated carbocycles. The van der Waals surface area contributed by atoms with Gasteiger partial charge in [-0.3, -0.25) is 14.4 Å². The topological polar surface area (TPSA) is 98.9 Å². The van der Waals surface area contributed by atoms with Gasteiger partial charge in [-0.2, -0.15) is 5.10 Å². The minimum atomic E-state index is -0.464. The smallest absolute Gasteiger partial charge is 0.267 e. The van der Waals surface area contributed by atoms with Crippen LogP contribution in [0, 0.1) is 6.92 Å². The van der Waals surface area contributed by atoms with Crippen molar-refractivity contribution in [2.75, 3.05) is 6.54 Å². The lowest BCUT2D eigenvalue weighted by Crippen LogP contribution is -2.35. The first-order chi connectivity index (χ1) is 14.0. The van der Waals surface area contributed by atoms with Gasteiger partial charge in [0.2, 0.25) is 5.43 Å². The molecule has 0 unspecified atom stereocenters. The lowest BCUT2D eigenvalue weighted by atomic mass is 10.1. The second kappa shape index (κ2) is 7.62. The van der Waals surface area contributed by atoms with Crippen molar-refractivity contribution < 1.29 is 4.79 Å². The molecule has 0 atom stereocenters. The van der Waals surface area contributed by atoms with E-state index in [0.717, 1.165) is 36.2 Å². The fourth-order valence-electron chi connectivity index (χ4n) is 3.73. The number of aryl methyl sites for hydroxylation is 4. The largest absolute Gasteiger partial charge is 0.350 e.